The smallest absolute Gasteiger partial charge is 0.0346 e. The Labute approximate surface area is 163 Å². The van der Waals surface area contributed by atoms with E-state index in [0.717, 1.165) is 10.5 Å². The van der Waals surface area contributed by atoms with Crippen LogP contribution in [0.15, 0.2) is 102 Å². The minimum atomic E-state index is 0.973. The quantitative estimate of drug-likeness (QED) is 0.263. The molecule has 0 fully saturated rings. The fourth-order valence-electron chi connectivity index (χ4n) is 3.75. The molecule has 0 aliphatic rings. The van der Waals surface area contributed by atoms with Crippen molar-refractivity contribution in [2.75, 3.05) is 0 Å². The molecule has 5 aromatic rings. The maximum absolute atomic E-state index is 4.51. The average molecular weight is 363 g/mol. The highest BCUT2D eigenvalue weighted by Crippen LogP contribution is 2.36. The molecule has 0 amide bonds. The van der Waals surface area contributed by atoms with Crippen molar-refractivity contribution in [3.63, 3.8) is 0 Å². The van der Waals surface area contributed by atoms with Crippen LogP contribution < -0.4 is 0 Å². The van der Waals surface area contributed by atoms with E-state index in [1.54, 1.807) is 0 Å². The minimum absolute atomic E-state index is 0.973. The molecule has 1 nitrogen and oxygen atoms in total. The summed E-state index contributed by atoms with van der Waals surface area (Å²) in [5, 5.41) is 4.98. The van der Waals surface area contributed by atoms with E-state index in [9.17, 15) is 0 Å². The number of hydrogen-bond acceptors (Lipinski definition) is 2. The molecule has 0 spiro atoms. The minimum Gasteiger partial charge on any atom is -0.264 e. The second-order valence-corrected chi connectivity index (χ2v) is 7.21. The molecule has 1 heterocycles. The molecule has 1 aromatic heterocycles. The van der Waals surface area contributed by atoms with Gasteiger partial charge in [0.05, 0.1) is 0 Å². The molecule has 27 heavy (non-hydrogen) atoms. The van der Waals surface area contributed by atoms with Gasteiger partial charge in [-0.05, 0) is 68.6 Å². The number of hydrogen-bond donors (Lipinski definition) is 1. The maximum Gasteiger partial charge on any atom is 0.0346 e. The van der Waals surface area contributed by atoms with Gasteiger partial charge in [-0.2, -0.15) is 0 Å². The Kier molecular flexibility index (Phi) is 3.92. The second-order valence-electron chi connectivity index (χ2n) is 6.70. The lowest BCUT2D eigenvalue weighted by molar-refractivity contribution is 1.33. The van der Waals surface area contributed by atoms with Crippen LogP contribution in [0.1, 0.15) is 0 Å². The topological polar surface area (TPSA) is 12.9 Å². The van der Waals surface area contributed by atoms with Crippen LogP contribution >= 0.6 is 12.6 Å². The van der Waals surface area contributed by atoms with E-state index in [1.165, 1.54) is 38.2 Å². The van der Waals surface area contributed by atoms with Crippen molar-refractivity contribution in [1.29, 1.82) is 0 Å². The zero-order valence-corrected chi connectivity index (χ0v) is 15.5. The number of pyridine rings is 1. The average Bonchev–Trinajstić information content (AvgIpc) is 2.72. The van der Waals surface area contributed by atoms with E-state index in [0.29, 0.717) is 0 Å². The summed E-state index contributed by atoms with van der Waals surface area (Å²) in [6.07, 6.45) is 3.74. The Morgan fingerprint density at radius 1 is 0.593 bits per heavy atom. The largest absolute Gasteiger partial charge is 0.264 e. The SMILES string of the molecule is Sc1cccc(-c2cccc3cc4cccc(-c5cccnc5)c4cc23)c1. The molecule has 0 bridgehead atoms. The highest BCUT2D eigenvalue weighted by Gasteiger charge is 2.09. The lowest BCUT2D eigenvalue weighted by Crippen LogP contribution is -1.86. The Hall–Kier alpha value is -3.10. The second kappa shape index (κ2) is 6.57. The number of thiol groups is 1. The summed E-state index contributed by atoms with van der Waals surface area (Å²) in [5.41, 5.74) is 4.76. The Balaban J connectivity index is 1.84. The van der Waals surface area contributed by atoms with Gasteiger partial charge in [-0.1, -0.05) is 54.6 Å². The van der Waals surface area contributed by atoms with Gasteiger partial charge in [0.15, 0.2) is 0 Å². The van der Waals surface area contributed by atoms with Crippen LogP contribution in [0.3, 0.4) is 0 Å². The first-order chi connectivity index (χ1) is 13.3. The number of fused-ring (bicyclic) bond motifs is 2. The summed E-state index contributed by atoms with van der Waals surface area (Å²) in [6.45, 7) is 0. The van der Waals surface area contributed by atoms with Gasteiger partial charge in [0.25, 0.3) is 0 Å². The number of nitrogens with zero attached hydrogens (tertiary/aromatic N) is 1. The normalized spacial score (nSPS) is 11.1. The van der Waals surface area contributed by atoms with Gasteiger partial charge in [-0.3, -0.25) is 4.98 Å². The molecule has 5 rings (SSSR count). The molecule has 0 aliphatic carbocycles. The first-order valence-electron chi connectivity index (χ1n) is 8.95. The van der Waals surface area contributed by atoms with E-state index in [2.05, 4.69) is 90.4 Å². The molecule has 0 aliphatic heterocycles. The highest BCUT2D eigenvalue weighted by atomic mass is 32.1. The fraction of sp³-hybridized carbons (Fsp3) is 0. The Bertz CT molecular complexity index is 1280. The van der Waals surface area contributed by atoms with Crippen molar-refractivity contribution in [3.05, 3.63) is 97.3 Å². The predicted octanol–water partition coefficient (Wildman–Crippen LogP) is 7.01. The van der Waals surface area contributed by atoms with Crippen LogP contribution in [0.2, 0.25) is 0 Å². The van der Waals surface area contributed by atoms with Crippen LogP contribution in [0.25, 0.3) is 43.8 Å². The van der Waals surface area contributed by atoms with E-state index in [4.69, 9.17) is 0 Å². The fourth-order valence-corrected chi connectivity index (χ4v) is 3.98. The molecule has 0 radical (unpaired) electrons. The van der Waals surface area contributed by atoms with E-state index < -0.39 is 0 Å². The Morgan fingerprint density at radius 3 is 1.93 bits per heavy atom. The van der Waals surface area contributed by atoms with Gasteiger partial charge in [0.2, 0.25) is 0 Å². The van der Waals surface area contributed by atoms with Crippen molar-refractivity contribution >= 4 is 34.2 Å². The van der Waals surface area contributed by atoms with E-state index in [-0.39, 0.29) is 0 Å². The Morgan fingerprint density at radius 2 is 1.26 bits per heavy atom. The molecule has 2 heteroatoms. The molecule has 0 atom stereocenters. The summed E-state index contributed by atoms with van der Waals surface area (Å²) in [7, 11) is 0. The molecular formula is C25H17NS. The number of rotatable bonds is 2. The van der Waals surface area contributed by atoms with Crippen LogP contribution in [0.5, 0.6) is 0 Å². The first kappa shape index (κ1) is 16.1. The molecule has 0 unspecified atom stereocenters. The zero-order chi connectivity index (χ0) is 18.2. The molecule has 0 saturated carbocycles. The first-order valence-corrected chi connectivity index (χ1v) is 9.40. The molecule has 128 valence electrons. The summed E-state index contributed by atoms with van der Waals surface area (Å²) >= 11 is 4.51. The predicted molar refractivity (Wildman–Crippen MR) is 117 cm³/mol. The maximum atomic E-state index is 4.51. The van der Waals surface area contributed by atoms with Gasteiger partial charge in [0, 0.05) is 22.9 Å². The number of aromatic nitrogens is 1. The summed E-state index contributed by atoms with van der Waals surface area (Å²) in [6, 6.07) is 30.0. The van der Waals surface area contributed by atoms with Crippen molar-refractivity contribution in [1.82, 2.24) is 4.98 Å². The molecular weight excluding hydrogens is 346 g/mol. The standard InChI is InChI=1S/C25H17NS/c27-21-9-1-5-19(14-21)22-10-2-6-17-13-18-7-3-11-23(25(18)15-24(17)22)20-8-4-12-26-16-20/h1-16,27H. The zero-order valence-electron chi connectivity index (χ0n) is 14.6. The van der Waals surface area contributed by atoms with Crippen molar-refractivity contribution in [3.8, 4) is 22.3 Å². The van der Waals surface area contributed by atoms with Gasteiger partial charge in [-0.15, -0.1) is 12.6 Å². The third kappa shape index (κ3) is 2.88. The van der Waals surface area contributed by atoms with Crippen molar-refractivity contribution in [2.45, 2.75) is 4.90 Å². The van der Waals surface area contributed by atoms with Gasteiger partial charge in [0.1, 0.15) is 0 Å². The molecule has 0 saturated heterocycles. The van der Waals surface area contributed by atoms with Crippen molar-refractivity contribution in [2.24, 2.45) is 0 Å². The molecule has 4 aromatic carbocycles. The summed E-state index contributed by atoms with van der Waals surface area (Å²) < 4.78 is 0. The summed E-state index contributed by atoms with van der Waals surface area (Å²) in [5.74, 6) is 0. The molecule has 0 N–H and O–H groups in total. The van der Waals surface area contributed by atoms with E-state index in [1.807, 2.05) is 24.5 Å². The van der Waals surface area contributed by atoms with Gasteiger partial charge >= 0.3 is 0 Å². The van der Waals surface area contributed by atoms with Crippen LogP contribution in [0, 0.1) is 0 Å². The number of benzene rings is 4. The lowest BCUT2D eigenvalue weighted by atomic mass is 9.92. The van der Waals surface area contributed by atoms with Crippen molar-refractivity contribution < 1.29 is 0 Å². The monoisotopic (exact) mass is 363 g/mol. The third-order valence-electron chi connectivity index (χ3n) is 5.01. The van der Waals surface area contributed by atoms with Gasteiger partial charge in [-0.25, -0.2) is 0 Å². The highest BCUT2D eigenvalue weighted by molar-refractivity contribution is 7.80. The lowest BCUT2D eigenvalue weighted by Gasteiger charge is -2.12. The van der Waals surface area contributed by atoms with Crippen LogP contribution in [0.4, 0.5) is 0 Å². The van der Waals surface area contributed by atoms with Crippen LogP contribution in [-0.2, 0) is 0 Å². The van der Waals surface area contributed by atoms with E-state index >= 15 is 0 Å². The summed E-state index contributed by atoms with van der Waals surface area (Å²) in [4.78, 5) is 5.27. The third-order valence-corrected chi connectivity index (χ3v) is 5.29. The van der Waals surface area contributed by atoms with Gasteiger partial charge < -0.3 is 0 Å². The van der Waals surface area contributed by atoms with Crippen LogP contribution in [-0.4, -0.2) is 4.98 Å².